The molecule has 1 heterocycles. The zero-order valence-corrected chi connectivity index (χ0v) is 11.2. The summed E-state index contributed by atoms with van der Waals surface area (Å²) >= 11 is 0. The molecule has 1 aromatic carbocycles. The Bertz CT molecular complexity index is 614. The summed E-state index contributed by atoms with van der Waals surface area (Å²) in [7, 11) is 3.09. The number of non-ortho nitro benzene ring substituents is 1. The lowest BCUT2D eigenvalue weighted by Gasteiger charge is -2.15. The molecule has 0 fully saturated rings. The highest BCUT2D eigenvalue weighted by atomic mass is 16.7. The Morgan fingerprint density at radius 2 is 2.10 bits per heavy atom. The van der Waals surface area contributed by atoms with Gasteiger partial charge in [-0.15, -0.1) is 0 Å². The third-order valence-corrected chi connectivity index (χ3v) is 2.93. The highest BCUT2D eigenvalue weighted by molar-refractivity contribution is 5.96. The van der Waals surface area contributed by atoms with Gasteiger partial charge in [-0.1, -0.05) is 12.1 Å². The van der Waals surface area contributed by atoms with Crippen LogP contribution in [-0.2, 0) is 9.47 Å². The van der Waals surface area contributed by atoms with Crippen LogP contribution in [0.1, 0.15) is 0 Å². The van der Waals surface area contributed by atoms with E-state index in [-0.39, 0.29) is 5.69 Å². The van der Waals surface area contributed by atoms with Crippen LogP contribution in [0.3, 0.4) is 0 Å². The van der Waals surface area contributed by atoms with E-state index in [1.165, 1.54) is 12.3 Å². The van der Waals surface area contributed by atoms with Gasteiger partial charge in [-0.25, -0.2) is 4.98 Å². The van der Waals surface area contributed by atoms with Crippen molar-refractivity contribution in [3.8, 4) is 0 Å². The second kappa shape index (κ2) is 6.27. The van der Waals surface area contributed by atoms with Crippen molar-refractivity contribution in [2.45, 2.75) is 6.29 Å². The Balaban J connectivity index is 2.35. The van der Waals surface area contributed by atoms with Gasteiger partial charge in [0.25, 0.3) is 5.69 Å². The van der Waals surface area contributed by atoms with Crippen molar-refractivity contribution < 1.29 is 14.4 Å². The molecule has 0 aliphatic carbocycles. The van der Waals surface area contributed by atoms with Crippen LogP contribution in [0.5, 0.6) is 0 Å². The molecule has 2 aromatic rings. The molecule has 1 aromatic heterocycles. The molecule has 0 atom stereocenters. The van der Waals surface area contributed by atoms with Crippen LogP contribution in [0.15, 0.2) is 30.5 Å². The molecule has 0 spiro atoms. The first kappa shape index (κ1) is 14.2. The number of hydrogen-bond donors (Lipinski definition) is 1. The number of aromatic nitrogens is 1. The van der Waals surface area contributed by atoms with Crippen molar-refractivity contribution >= 4 is 22.3 Å². The van der Waals surface area contributed by atoms with E-state index in [0.29, 0.717) is 17.4 Å². The van der Waals surface area contributed by atoms with Gasteiger partial charge in [0.15, 0.2) is 6.29 Å². The second-order valence-corrected chi connectivity index (χ2v) is 4.07. The summed E-state index contributed by atoms with van der Waals surface area (Å²) in [4.78, 5) is 14.6. The predicted octanol–water partition coefficient (Wildman–Crippen LogP) is 2.17. The molecule has 106 valence electrons. The highest BCUT2D eigenvalue weighted by Gasteiger charge is 2.14. The minimum Gasteiger partial charge on any atom is -0.379 e. The van der Waals surface area contributed by atoms with Crippen LogP contribution < -0.4 is 5.32 Å². The molecule has 7 nitrogen and oxygen atoms in total. The van der Waals surface area contributed by atoms with E-state index in [0.717, 1.165) is 5.69 Å². The van der Waals surface area contributed by atoms with Crippen molar-refractivity contribution in [3.63, 3.8) is 0 Å². The molecular weight excluding hydrogens is 262 g/mol. The normalized spacial score (nSPS) is 10.9. The molecule has 0 aliphatic rings. The zero-order chi connectivity index (χ0) is 14.5. The number of nitro groups is 1. The van der Waals surface area contributed by atoms with Gasteiger partial charge < -0.3 is 14.8 Å². The molecule has 7 heteroatoms. The van der Waals surface area contributed by atoms with Crippen LogP contribution in [0.25, 0.3) is 10.9 Å². The Morgan fingerprint density at radius 3 is 2.75 bits per heavy atom. The quantitative estimate of drug-likeness (QED) is 0.494. The van der Waals surface area contributed by atoms with Crippen LogP contribution in [0, 0.1) is 10.1 Å². The van der Waals surface area contributed by atoms with E-state index in [1.54, 1.807) is 32.4 Å². The predicted molar refractivity (Wildman–Crippen MR) is 74.7 cm³/mol. The molecular formula is C13H15N3O4. The largest absolute Gasteiger partial charge is 0.379 e. The standard InChI is InChI=1S/C13H15N3O4/c1-19-12(20-2)8-15-10-6-7-14-13-9(10)4-3-5-11(13)16(17)18/h3-7,12H,8H2,1-2H3,(H,14,15). The van der Waals surface area contributed by atoms with Crippen LogP contribution in [0.2, 0.25) is 0 Å². The van der Waals surface area contributed by atoms with Crippen molar-refractivity contribution in [2.75, 3.05) is 26.1 Å². The van der Waals surface area contributed by atoms with Gasteiger partial charge in [0.1, 0.15) is 5.52 Å². The molecule has 0 amide bonds. The van der Waals surface area contributed by atoms with Crippen LogP contribution in [-0.4, -0.2) is 37.0 Å². The van der Waals surface area contributed by atoms with E-state index in [2.05, 4.69) is 10.3 Å². The van der Waals surface area contributed by atoms with E-state index in [9.17, 15) is 10.1 Å². The number of fused-ring (bicyclic) bond motifs is 1. The summed E-state index contributed by atoms with van der Waals surface area (Å²) in [5.41, 5.74) is 1.09. The number of rotatable bonds is 6. The average Bonchev–Trinajstić information content (AvgIpc) is 2.47. The molecule has 0 saturated carbocycles. The average molecular weight is 277 g/mol. The molecule has 0 unspecified atom stereocenters. The Labute approximate surface area is 115 Å². The first-order valence-electron chi connectivity index (χ1n) is 5.99. The number of nitrogens with zero attached hydrogens (tertiary/aromatic N) is 2. The third kappa shape index (κ3) is 2.84. The molecule has 0 bridgehead atoms. The van der Waals surface area contributed by atoms with E-state index in [4.69, 9.17) is 9.47 Å². The van der Waals surface area contributed by atoms with Gasteiger partial charge in [0, 0.05) is 37.6 Å². The molecule has 2 rings (SSSR count). The lowest BCUT2D eigenvalue weighted by Crippen LogP contribution is -2.23. The Hall–Kier alpha value is -2.25. The van der Waals surface area contributed by atoms with Gasteiger partial charge in [0.05, 0.1) is 11.5 Å². The zero-order valence-electron chi connectivity index (χ0n) is 11.2. The fraction of sp³-hybridized carbons (Fsp3) is 0.308. The van der Waals surface area contributed by atoms with Crippen LogP contribution in [0.4, 0.5) is 11.4 Å². The van der Waals surface area contributed by atoms with Crippen molar-refractivity contribution in [3.05, 3.63) is 40.6 Å². The number of benzene rings is 1. The van der Waals surface area contributed by atoms with E-state index in [1.807, 2.05) is 0 Å². The molecule has 0 aliphatic heterocycles. The summed E-state index contributed by atoms with van der Waals surface area (Å²) in [6.45, 7) is 0.425. The van der Waals surface area contributed by atoms with Gasteiger partial charge >= 0.3 is 0 Å². The van der Waals surface area contributed by atoms with Gasteiger partial charge in [0.2, 0.25) is 0 Å². The fourth-order valence-electron chi connectivity index (χ4n) is 1.92. The number of ether oxygens (including phenoxy) is 2. The number of hydrogen-bond acceptors (Lipinski definition) is 6. The Kier molecular flexibility index (Phi) is 4.44. The molecule has 0 radical (unpaired) electrons. The van der Waals surface area contributed by atoms with Crippen LogP contribution >= 0.6 is 0 Å². The van der Waals surface area contributed by atoms with Crippen molar-refractivity contribution in [1.82, 2.24) is 4.98 Å². The SMILES string of the molecule is COC(CNc1ccnc2c([N+](=O)[O-])cccc12)OC. The monoisotopic (exact) mass is 277 g/mol. The maximum absolute atomic E-state index is 11.0. The van der Waals surface area contributed by atoms with E-state index >= 15 is 0 Å². The van der Waals surface area contributed by atoms with Crippen molar-refractivity contribution in [1.29, 1.82) is 0 Å². The third-order valence-electron chi connectivity index (χ3n) is 2.93. The number of nitro benzene ring substituents is 1. The molecule has 0 saturated heterocycles. The molecule has 1 N–H and O–H groups in total. The van der Waals surface area contributed by atoms with Gasteiger partial charge in [-0.2, -0.15) is 0 Å². The number of pyridine rings is 1. The highest BCUT2D eigenvalue weighted by Crippen LogP contribution is 2.28. The number of anilines is 1. The first-order valence-corrected chi connectivity index (χ1v) is 5.99. The lowest BCUT2D eigenvalue weighted by molar-refractivity contribution is -0.383. The fourth-order valence-corrected chi connectivity index (χ4v) is 1.92. The maximum Gasteiger partial charge on any atom is 0.295 e. The van der Waals surface area contributed by atoms with Gasteiger partial charge in [-0.3, -0.25) is 10.1 Å². The maximum atomic E-state index is 11.0. The minimum atomic E-state index is -0.438. The number of para-hydroxylation sites is 1. The number of methoxy groups -OCH3 is 2. The first-order chi connectivity index (χ1) is 9.67. The smallest absolute Gasteiger partial charge is 0.295 e. The summed E-state index contributed by atoms with van der Waals surface area (Å²) in [6, 6.07) is 6.62. The van der Waals surface area contributed by atoms with Gasteiger partial charge in [-0.05, 0) is 6.07 Å². The molecule has 20 heavy (non-hydrogen) atoms. The summed E-state index contributed by atoms with van der Waals surface area (Å²) in [5.74, 6) is 0. The number of nitrogens with one attached hydrogen (secondary N) is 1. The summed E-state index contributed by atoms with van der Waals surface area (Å²) in [5, 5.41) is 14.8. The minimum absolute atomic E-state index is 0.0128. The topological polar surface area (TPSA) is 86.5 Å². The second-order valence-electron chi connectivity index (χ2n) is 4.07. The van der Waals surface area contributed by atoms with Crippen molar-refractivity contribution in [2.24, 2.45) is 0 Å². The summed E-state index contributed by atoms with van der Waals surface area (Å²) in [6.07, 6.45) is 1.14. The Morgan fingerprint density at radius 1 is 1.35 bits per heavy atom. The van der Waals surface area contributed by atoms with E-state index < -0.39 is 11.2 Å². The summed E-state index contributed by atoms with van der Waals surface area (Å²) < 4.78 is 10.2. The lowest BCUT2D eigenvalue weighted by atomic mass is 10.1.